The minimum absolute atomic E-state index is 0.268. The molecule has 1 aromatic heterocycles. The van der Waals surface area contributed by atoms with E-state index >= 15 is 0 Å². The highest BCUT2D eigenvalue weighted by molar-refractivity contribution is 5.04. The van der Waals surface area contributed by atoms with Gasteiger partial charge in [-0.15, -0.1) is 0 Å². The third-order valence-corrected chi connectivity index (χ3v) is 4.25. The predicted molar refractivity (Wildman–Crippen MR) is 80.5 cm³/mol. The molecular formula is C16H28N2O2. The normalized spacial score (nSPS) is 19.6. The molecule has 1 atom stereocenters. The maximum absolute atomic E-state index is 10.3. The second-order valence-corrected chi connectivity index (χ2v) is 6.10. The van der Waals surface area contributed by atoms with E-state index in [0.29, 0.717) is 0 Å². The summed E-state index contributed by atoms with van der Waals surface area (Å²) in [5.41, 5.74) is 1.17. The average molecular weight is 280 g/mol. The minimum Gasteiger partial charge on any atom is -0.472 e. The van der Waals surface area contributed by atoms with Crippen LogP contribution in [0.5, 0.6) is 0 Å². The van der Waals surface area contributed by atoms with Crippen molar-refractivity contribution in [3.05, 3.63) is 24.2 Å². The Labute approximate surface area is 122 Å². The lowest BCUT2D eigenvalue weighted by atomic mass is 9.99. The molecule has 114 valence electrons. The zero-order valence-corrected chi connectivity index (χ0v) is 12.8. The Balaban J connectivity index is 1.73. The minimum atomic E-state index is -0.268. The van der Waals surface area contributed by atoms with E-state index in [1.807, 2.05) is 6.07 Å². The number of aliphatic hydroxyl groups excluding tert-OH is 1. The summed E-state index contributed by atoms with van der Waals surface area (Å²) in [6, 6.07) is 1.99. The van der Waals surface area contributed by atoms with Crippen molar-refractivity contribution in [1.29, 1.82) is 0 Å². The van der Waals surface area contributed by atoms with Crippen LogP contribution in [0.2, 0.25) is 0 Å². The van der Waals surface area contributed by atoms with Gasteiger partial charge in [0.1, 0.15) is 0 Å². The Kier molecular flexibility index (Phi) is 6.07. The molecule has 0 saturated carbocycles. The molecule has 2 rings (SSSR count). The molecule has 1 aliphatic rings. The number of likely N-dealkylation sites (tertiary alicyclic amines) is 1. The van der Waals surface area contributed by atoms with Gasteiger partial charge in [0.15, 0.2) is 0 Å². The Hall–Kier alpha value is -0.840. The third-order valence-electron chi connectivity index (χ3n) is 4.25. The highest BCUT2D eigenvalue weighted by atomic mass is 16.3. The van der Waals surface area contributed by atoms with Crippen molar-refractivity contribution in [1.82, 2.24) is 9.80 Å². The molecule has 2 heterocycles. The number of hydrogen-bond donors (Lipinski definition) is 1. The van der Waals surface area contributed by atoms with Crippen molar-refractivity contribution in [3.63, 3.8) is 0 Å². The quantitative estimate of drug-likeness (QED) is 0.831. The van der Waals surface area contributed by atoms with Gasteiger partial charge in [0.05, 0.1) is 18.6 Å². The summed E-state index contributed by atoms with van der Waals surface area (Å²) in [5.74, 6) is 0.844. The molecule has 0 radical (unpaired) electrons. The van der Waals surface area contributed by atoms with E-state index in [2.05, 4.69) is 23.6 Å². The first kappa shape index (κ1) is 15.5. The molecule has 0 bridgehead atoms. The van der Waals surface area contributed by atoms with Crippen LogP contribution in [0.15, 0.2) is 23.0 Å². The topological polar surface area (TPSA) is 39.9 Å². The summed E-state index contributed by atoms with van der Waals surface area (Å²) in [5, 5.41) is 10.3. The van der Waals surface area contributed by atoms with E-state index in [1.165, 1.54) is 18.4 Å². The molecule has 0 spiro atoms. The molecular weight excluding hydrogens is 252 g/mol. The second-order valence-electron chi connectivity index (χ2n) is 6.10. The van der Waals surface area contributed by atoms with Gasteiger partial charge in [0.25, 0.3) is 0 Å². The Bertz CT molecular complexity index is 359. The van der Waals surface area contributed by atoms with Crippen molar-refractivity contribution in [2.45, 2.75) is 39.3 Å². The van der Waals surface area contributed by atoms with E-state index in [-0.39, 0.29) is 6.10 Å². The van der Waals surface area contributed by atoms with Gasteiger partial charge in [-0.3, -0.25) is 4.90 Å². The lowest BCUT2D eigenvalue weighted by Gasteiger charge is -2.33. The van der Waals surface area contributed by atoms with Gasteiger partial charge >= 0.3 is 0 Å². The standard InChI is InChI=1S/C16H28N2O2/c1-3-17(10-15-6-9-20-13-15)11-16(19)12-18-7-4-14(2)5-8-18/h6,9,13-14,16,19H,3-5,7-8,10-12H2,1-2H3. The first-order valence-corrected chi connectivity index (χ1v) is 7.81. The molecule has 1 unspecified atom stereocenters. The van der Waals surface area contributed by atoms with Crippen LogP contribution in [0.4, 0.5) is 0 Å². The maximum atomic E-state index is 10.3. The molecule has 0 amide bonds. The molecule has 4 nitrogen and oxygen atoms in total. The number of furan rings is 1. The summed E-state index contributed by atoms with van der Waals surface area (Å²) in [4.78, 5) is 4.67. The molecule has 0 aromatic carbocycles. The van der Waals surface area contributed by atoms with Crippen LogP contribution in [0.3, 0.4) is 0 Å². The molecule has 1 saturated heterocycles. The maximum Gasteiger partial charge on any atom is 0.0947 e. The van der Waals surface area contributed by atoms with Crippen LogP contribution in [0.1, 0.15) is 32.3 Å². The Morgan fingerprint density at radius 1 is 1.45 bits per heavy atom. The van der Waals surface area contributed by atoms with Crippen LogP contribution >= 0.6 is 0 Å². The number of aliphatic hydroxyl groups is 1. The highest BCUT2D eigenvalue weighted by Crippen LogP contribution is 2.16. The first-order chi connectivity index (χ1) is 9.67. The smallest absolute Gasteiger partial charge is 0.0947 e. The Morgan fingerprint density at radius 2 is 2.20 bits per heavy atom. The molecule has 0 aliphatic carbocycles. The van der Waals surface area contributed by atoms with Crippen molar-refractivity contribution >= 4 is 0 Å². The van der Waals surface area contributed by atoms with E-state index in [4.69, 9.17) is 4.42 Å². The summed E-state index contributed by atoms with van der Waals surface area (Å²) in [7, 11) is 0. The largest absolute Gasteiger partial charge is 0.472 e. The number of likely N-dealkylation sites (N-methyl/N-ethyl adjacent to an activating group) is 1. The summed E-state index contributed by atoms with van der Waals surface area (Å²) < 4.78 is 5.10. The number of nitrogens with zero attached hydrogens (tertiary/aromatic N) is 2. The molecule has 1 fully saturated rings. The Morgan fingerprint density at radius 3 is 2.80 bits per heavy atom. The molecule has 4 heteroatoms. The van der Waals surface area contributed by atoms with Gasteiger partial charge in [0, 0.05) is 25.2 Å². The summed E-state index contributed by atoms with van der Waals surface area (Å²) in [6.45, 7) is 10.0. The van der Waals surface area contributed by atoms with Crippen LogP contribution in [0.25, 0.3) is 0 Å². The summed E-state index contributed by atoms with van der Waals surface area (Å²) in [6.07, 6.45) is 5.74. The van der Waals surface area contributed by atoms with E-state index < -0.39 is 0 Å². The molecule has 1 N–H and O–H groups in total. The molecule has 1 aromatic rings. The van der Waals surface area contributed by atoms with Gasteiger partial charge in [-0.05, 0) is 44.5 Å². The van der Waals surface area contributed by atoms with Crippen molar-refractivity contribution in [2.75, 3.05) is 32.7 Å². The van der Waals surface area contributed by atoms with Crippen LogP contribution in [0, 0.1) is 5.92 Å². The van der Waals surface area contributed by atoms with Gasteiger partial charge in [-0.25, -0.2) is 0 Å². The van der Waals surface area contributed by atoms with Gasteiger partial charge in [-0.2, -0.15) is 0 Å². The van der Waals surface area contributed by atoms with Gasteiger partial charge < -0.3 is 14.4 Å². The SMILES string of the molecule is CCN(Cc1ccoc1)CC(O)CN1CCC(C)CC1. The fourth-order valence-electron chi connectivity index (χ4n) is 2.84. The van der Waals surface area contributed by atoms with E-state index in [1.54, 1.807) is 12.5 Å². The van der Waals surface area contributed by atoms with Crippen molar-refractivity contribution in [3.8, 4) is 0 Å². The van der Waals surface area contributed by atoms with Crippen molar-refractivity contribution < 1.29 is 9.52 Å². The fraction of sp³-hybridized carbons (Fsp3) is 0.750. The highest BCUT2D eigenvalue weighted by Gasteiger charge is 2.19. The molecule has 20 heavy (non-hydrogen) atoms. The average Bonchev–Trinajstić information content (AvgIpc) is 2.93. The second kappa shape index (κ2) is 7.81. The van der Waals surface area contributed by atoms with Gasteiger partial charge in [0.2, 0.25) is 0 Å². The van der Waals surface area contributed by atoms with Crippen LogP contribution in [-0.4, -0.2) is 53.7 Å². The van der Waals surface area contributed by atoms with Gasteiger partial charge in [-0.1, -0.05) is 13.8 Å². The lowest BCUT2D eigenvalue weighted by molar-refractivity contribution is 0.0606. The number of piperidine rings is 1. The number of rotatable bonds is 7. The molecule has 1 aliphatic heterocycles. The lowest BCUT2D eigenvalue weighted by Crippen LogP contribution is -2.42. The van der Waals surface area contributed by atoms with Crippen LogP contribution < -0.4 is 0 Å². The summed E-state index contributed by atoms with van der Waals surface area (Å²) >= 11 is 0. The number of hydrogen-bond acceptors (Lipinski definition) is 4. The zero-order chi connectivity index (χ0) is 14.4. The van der Waals surface area contributed by atoms with E-state index in [0.717, 1.165) is 45.2 Å². The predicted octanol–water partition coefficient (Wildman–Crippen LogP) is 2.19. The van der Waals surface area contributed by atoms with Crippen LogP contribution in [-0.2, 0) is 6.54 Å². The zero-order valence-electron chi connectivity index (χ0n) is 12.8. The van der Waals surface area contributed by atoms with E-state index in [9.17, 15) is 5.11 Å². The van der Waals surface area contributed by atoms with Crippen molar-refractivity contribution in [2.24, 2.45) is 5.92 Å². The first-order valence-electron chi connectivity index (χ1n) is 7.81. The number of β-amino-alcohol motifs (C(OH)–C–C–N with tert-alkyl or cyclic N) is 1. The third kappa shape index (κ3) is 4.93. The monoisotopic (exact) mass is 280 g/mol. The fourth-order valence-corrected chi connectivity index (χ4v) is 2.84.